The van der Waals surface area contributed by atoms with Crippen molar-refractivity contribution in [3.05, 3.63) is 0 Å². The number of carboxylic acids is 1. The van der Waals surface area contributed by atoms with Gasteiger partial charge in [0.25, 0.3) is 0 Å². The van der Waals surface area contributed by atoms with E-state index in [9.17, 15) is 4.79 Å². The normalized spacial score (nSPS) is 32.7. The molecule has 0 bridgehead atoms. The highest BCUT2D eigenvalue weighted by molar-refractivity contribution is 7.99. The summed E-state index contributed by atoms with van der Waals surface area (Å²) >= 11 is 1.85. The lowest BCUT2D eigenvalue weighted by Crippen LogP contribution is -2.57. The number of rotatable bonds is 3. The van der Waals surface area contributed by atoms with Crippen LogP contribution in [-0.4, -0.2) is 27.6 Å². The van der Waals surface area contributed by atoms with Crippen LogP contribution in [0.4, 0.5) is 0 Å². The standard InChI is InChI=1S/C11H21NO2S/c1-8-11(7-9(13)14,10(2,3)12)5-4-6-15-8/h8H,4-7,12H2,1-3H3,(H,13,14). The van der Waals surface area contributed by atoms with Gasteiger partial charge in [0, 0.05) is 16.2 Å². The van der Waals surface area contributed by atoms with Gasteiger partial charge in [-0.2, -0.15) is 11.8 Å². The summed E-state index contributed by atoms with van der Waals surface area (Å²) in [5, 5.41) is 9.37. The monoisotopic (exact) mass is 231 g/mol. The van der Waals surface area contributed by atoms with E-state index in [1.54, 1.807) is 0 Å². The van der Waals surface area contributed by atoms with Crippen molar-refractivity contribution < 1.29 is 9.90 Å². The van der Waals surface area contributed by atoms with E-state index >= 15 is 0 Å². The molecule has 15 heavy (non-hydrogen) atoms. The molecule has 1 aliphatic heterocycles. The van der Waals surface area contributed by atoms with Gasteiger partial charge < -0.3 is 10.8 Å². The van der Waals surface area contributed by atoms with E-state index in [2.05, 4.69) is 6.92 Å². The molecule has 3 nitrogen and oxygen atoms in total. The van der Waals surface area contributed by atoms with E-state index in [4.69, 9.17) is 10.8 Å². The highest BCUT2D eigenvalue weighted by Crippen LogP contribution is 2.49. The molecular weight excluding hydrogens is 210 g/mol. The molecule has 1 rings (SSSR count). The van der Waals surface area contributed by atoms with Gasteiger partial charge in [0.15, 0.2) is 0 Å². The third kappa shape index (κ3) is 2.48. The molecule has 3 N–H and O–H groups in total. The number of aliphatic carboxylic acids is 1. The van der Waals surface area contributed by atoms with Crippen molar-refractivity contribution >= 4 is 17.7 Å². The summed E-state index contributed by atoms with van der Waals surface area (Å²) in [5.74, 6) is 0.390. The molecule has 0 aromatic rings. The minimum atomic E-state index is -0.733. The fourth-order valence-electron chi connectivity index (χ4n) is 2.59. The maximum absolute atomic E-state index is 11.0. The Labute approximate surface area is 95.8 Å². The molecule has 0 saturated carbocycles. The van der Waals surface area contributed by atoms with Crippen LogP contribution >= 0.6 is 11.8 Å². The van der Waals surface area contributed by atoms with Gasteiger partial charge in [-0.25, -0.2) is 0 Å². The second-order valence-corrected chi connectivity index (χ2v) is 6.51. The molecule has 4 heteroatoms. The molecule has 2 unspecified atom stereocenters. The molecule has 88 valence electrons. The van der Waals surface area contributed by atoms with Crippen LogP contribution in [0.3, 0.4) is 0 Å². The number of hydrogen-bond acceptors (Lipinski definition) is 3. The van der Waals surface area contributed by atoms with Gasteiger partial charge in [0.05, 0.1) is 6.42 Å². The van der Waals surface area contributed by atoms with Crippen molar-refractivity contribution in [1.29, 1.82) is 0 Å². The minimum Gasteiger partial charge on any atom is -0.481 e. The lowest BCUT2D eigenvalue weighted by molar-refractivity contribution is -0.141. The third-order valence-electron chi connectivity index (χ3n) is 3.66. The quantitative estimate of drug-likeness (QED) is 0.781. The number of carboxylic acid groups (broad SMARTS) is 1. The Kier molecular flexibility index (Phi) is 3.71. The Balaban J connectivity index is 2.98. The lowest BCUT2D eigenvalue weighted by Gasteiger charge is -2.50. The van der Waals surface area contributed by atoms with Gasteiger partial charge >= 0.3 is 5.97 Å². The summed E-state index contributed by atoms with van der Waals surface area (Å²) in [6.45, 7) is 6.03. The van der Waals surface area contributed by atoms with Crippen LogP contribution in [0.25, 0.3) is 0 Å². The zero-order chi connectivity index (χ0) is 11.7. The molecule has 0 aromatic heterocycles. The Bertz CT molecular complexity index is 249. The average molecular weight is 231 g/mol. The number of hydrogen-bond donors (Lipinski definition) is 2. The van der Waals surface area contributed by atoms with E-state index in [-0.39, 0.29) is 11.8 Å². The first-order valence-corrected chi connectivity index (χ1v) is 6.47. The molecule has 0 aromatic carbocycles. The summed E-state index contributed by atoms with van der Waals surface area (Å²) in [6.07, 6.45) is 2.19. The van der Waals surface area contributed by atoms with E-state index in [1.807, 2.05) is 25.6 Å². The van der Waals surface area contributed by atoms with Crippen LogP contribution in [0.5, 0.6) is 0 Å². The maximum atomic E-state index is 11.0. The average Bonchev–Trinajstić information content (AvgIpc) is 2.06. The van der Waals surface area contributed by atoms with Crippen molar-refractivity contribution in [2.75, 3.05) is 5.75 Å². The van der Waals surface area contributed by atoms with Gasteiger partial charge in [-0.15, -0.1) is 0 Å². The molecule has 1 aliphatic rings. The number of nitrogens with two attached hydrogens (primary N) is 1. The zero-order valence-corrected chi connectivity index (χ0v) is 10.6. The van der Waals surface area contributed by atoms with Crippen LogP contribution in [0, 0.1) is 5.41 Å². The van der Waals surface area contributed by atoms with Gasteiger partial charge in [-0.1, -0.05) is 6.92 Å². The smallest absolute Gasteiger partial charge is 0.304 e. The van der Waals surface area contributed by atoms with Crippen LogP contribution in [-0.2, 0) is 4.79 Å². The second-order valence-electron chi connectivity index (χ2n) is 5.06. The van der Waals surface area contributed by atoms with E-state index in [1.165, 1.54) is 0 Å². The van der Waals surface area contributed by atoms with Gasteiger partial charge in [-0.05, 0) is 32.4 Å². The summed E-state index contributed by atoms with van der Waals surface area (Å²) in [7, 11) is 0. The van der Waals surface area contributed by atoms with Crippen LogP contribution in [0.15, 0.2) is 0 Å². The number of carbonyl (C=O) groups is 1. The highest BCUT2D eigenvalue weighted by atomic mass is 32.2. The lowest BCUT2D eigenvalue weighted by atomic mass is 9.64. The Hall–Kier alpha value is -0.220. The van der Waals surface area contributed by atoms with Gasteiger partial charge in [0.1, 0.15) is 0 Å². The summed E-state index contributed by atoms with van der Waals surface area (Å²) < 4.78 is 0. The van der Waals surface area contributed by atoms with E-state index in [0.717, 1.165) is 18.6 Å². The zero-order valence-electron chi connectivity index (χ0n) is 9.75. The van der Waals surface area contributed by atoms with Crippen molar-refractivity contribution in [2.24, 2.45) is 11.1 Å². The van der Waals surface area contributed by atoms with Crippen LogP contribution in [0.1, 0.15) is 40.0 Å². The fraction of sp³-hybridized carbons (Fsp3) is 0.909. The summed E-state index contributed by atoms with van der Waals surface area (Å²) in [5.41, 5.74) is 5.51. The fourth-order valence-corrected chi connectivity index (χ4v) is 4.07. The topological polar surface area (TPSA) is 63.3 Å². The van der Waals surface area contributed by atoms with Crippen LogP contribution in [0.2, 0.25) is 0 Å². The van der Waals surface area contributed by atoms with Gasteiger partial charge in [0.2, 0.25) is 0 Å². The molecule has 1 saturated heterocycles. The van der Waals surface area contributed by atoms with Crippen molar-refractivity contribution in [1.82, 2.24) is 0 Å². The van der Waals surface area contributed by atoms with Crippen LogP contribution < -0.4 is 5.73 Å². The molecular formula is C11H21NO2S. The number of thioether (sulfide) groups is 1. The Morgan fingerprint density at radius 2 is 2.27 bits per heavy atom. The first-order valence-electron chi connectivity index (χ1n) is 5.42. The van der Waals surface area contributed by atoms with Crippen molar-refractivity contribution in [3.63, 3.8) is 0 Å². The van der Waals surface area contributed by atoms with Crippen molar-refractivity contribution in [2.45, 2.75) is 50.8 Å². The second kappa shape index (κ2) is 4.34. The molecule has 2 atom stereocenters. The van der Waals surface area contributed by atoms with Gasteiger partial charge in [-0.3, -0.25) is 4.79 Å². The first kappa shape index (κ1) is 12.8. The summed E-state index contributed by atoms with van der Waals surface area (Å²) in [6, 6.07) is 0. The molecule has 0 spiro atoms. The van der Waals surface area contributed by atoms with E-state index in [0.29, 0.717) is 5.25 Å². The first-order chi connectivity index (χ1) is 6.79. The SMILES string of the molecule is CC1SCCCC1(CC(=O)O)C(C)(C)N. The highest BCUT2D eigenvalue weighted by Gasteiger charge is 2.49. The molecule has 0 amide bonds. The summed E-state index contributed by atoms with van der Waals surface area (Å²) in [4.78, 5) is 11.0. The largest absolute Gasteiger partial charge is 0.481 e. The Morgan fingerprint density at radius 1 is 1.67 bits per heavy atom. The predicted octanol–water partition coefficient (Wildman–Crippen LogP) is 2.10. The minimum absolute atomic E-state index is 0.185. The maximum Gasteiger partial charge on any atom is 0.304 e. The molecule has 0 aliphatic carbocycles. The Morgan fingerprint density at radius 3 is 2.67 bits per heavy atom. The van der Waals surface area contributed by atoms with E-state index < -0.39 is 11.5 Å². The molecule has 1 fully saturated rings. The molecule has 1 heterocycles. The molecule has 0 radical (unpaired) electrons. The van der Waals surface area contributed by atoms with Crippen molar-refractivity contribution in [3.8, 4) is 0 Å². The third-order valence-corrected chi connectivity index (χ3v) is 5.14. The predicted molar refractivity (Wildman–Crippen MR) is 64.1 cm³/mol.